The maximum Gasteiger partial charge on any atom is 0.256 e. The molecule has 1 N–H and O–H groups in total. The molecule has 0 aromatic heterocycles. The molecule has 1 unspecified atom stereocenters. The van der Waals surface area contributed by atoms with E-state index in [0.717, 1.165) is 0 Å². The number of rotatable bonds is 7. The molecule has 0 aliphatic carbocycles. The average Bonchev–Trinajstić information content (AvgIpc) is 2.96. The van der Waals surface area contributed by atoms with Crippen LogP contribution in [-0.2, 0) is 9.59 Å². The molecule has 1 aliphatic rings. The van der Waals surface area contributed by atoms with Crippen LogP contribution in [0.2, 0.25) is 0 Å². The van der Waals surface area contributed by atoms with E-state index >= 15 is 0 Å². The van der Waals surface area contributed by atoms with Gasteiger partial charge in [0.1, 0.15) is 23.3 Å². The fourth-order valence-corrected chi connectivity index (χ4v) is 2.98. The van der Waals surface area contributed by atoms with Gasteiger partial charge in [-0.25, -0.2) is 4.90 Å². The fraction of sp³-hybridized carbons (Fsp3) is 0.300. The normalized spacial score (nSPS) is 16.4. The molecule has 142 valence electrons. The molecule has 1 aliphatic heterocycles. The zero-order valence-corrected chi connectivity index (χ0v) is 15.5. The summed E-state index contributed by atoms with van der Waals surface area (Å²) in [6, 6.07) is 11.5. The smallest absolute Gasteiger partial charge is 0.256 e. The summed E-state index contributed by atoms with van der Waals surface area (Å²) in [6.07, 6.45) is 0.0707. The summed E-state index contributed by atoms with van der Waals surface area (Å²) in [6.45, 7) is 2.45. The lowest BCUT2D eigenvalue weighted by Crippen LogP contribution is -2.34. The molecule has 1 heterocycles. The van der Waals surface area contributed by atoms with Crippen molar-refractivity contribution in [2.45, 2.75) is 19.4 Å². The second-order valence-electron chi connectivity index (χ2n) is 5.96. The molecule has 3 rings (SSSR count). The number of methoxy groups -OCH3 is 2. The van der Waals surface area contributed by atoms with Gasteiger partial charge in [0.25, 0.3) is 5.91 Å². The molecule has 0 radical (unpaired) electrons. The molecule has 0 bridgehead atoms. The van der Waals surface area contributed by atoms with Gasteiger partial charge in [-0.15, -0.1) is 0 Å². The van der Waals surface area contributed by atoms with Crippen LogP contribution >= 0.6 is 0 Å². The molecule has 2 aromatic rings. The van der Waals surface area contributed by atoms with Crippen molar-refractivity contribution in [1.29, 1.82) is 0 Å². The first-order valence-electron chi connectivity index (χ1n) is 8.65. The van der Waals surface area contributed by atoms with Crippen LogP contribution in [0.25, 0.3) is 0 Å². The largest absolute Gasteiger partial charge is 0.497 e. The number of hydrogen-bond donors (Lipinski definition) is 1. The highest BCUT2D eigenvalue weighted by Crippen LogP contribution is 2.32. The van der Waals surface area contributed by atoms with Crippen molar-refractivity contribution < 1.29 is 23.8 Å². The highest BCUT2D eigenvalue weighted by atomic mass is 16.5. The van der Waals surface area contributed by atoms with Crippen LogP contribution in [0.1, 0.15) is 13.3 Å². The number of carbonyl (C=O) groups excluding carboxylic acids is 2. The number of imide groups is 1. The van der Waals surface area contributed by atoms with Crippen molar-refractivity contribution in [2.24, 2.45) is 0 Å². The molecule has 7 heteroatoms. The van der Waals surface area contributed by atoms with Gasteiger partial charge in [-0.05, 0) is 43.3 Å². The number of nitrogens with zero attached hydrogens (tertiary/aromatic N) is 1. The van der Waals surface area contributed by atoms with E-state index in [1.54, 1.807) is 49.6 Å². The van der Waals surface area contributed by atoms with E-state index < -0.39 is 6.04 Å². The van der Waals surface area contributed by atoms with Crippen molar-refractivity contribution in [1.82, 2.24) is 0 Å². The number of ether oxygens (including phenoxy) is 3. The SMILES string of the molecule is CCOc1ccc(N2C(=O)CC(Nc3ccc(OC)cc3OC)C2=O)cc1. The van der Waals surface area contributed by atoms with Gasteiger partial charge in [0.05, 0.1) is 38.6 Å². The molecular formula is C20H22N2O5. The minimum absolute atomic E-state index is 0.0707. The molecule has 0 saturated carbocycles. The molecular weight excluding hydrogens is 348 g/mol. The van der Waals surface area contributed by atoms with Gasteiger partial charge in [-0.1, -0.05) is 0 Å². The van der Waals surface area contributed by atoms with Crippen molar-refractivity contribution in [2.75, 3.05) is 31.0 Å². The van der Waals surface area contributed by atoms with Crippen LogP contribution in [0, 0.1) is 0 Å². The Balaban J connectivity index is 1.78. The molecule has 1 saturated heterocycles. The number of amides is 2. The number of carbonyl (C=O) groups is 2. The second-order valence-corrected chi connectivity index (χ2v) is 5.96. The zero-order valence-electron chi connectivity index (χ0n) is 15.5. The van der Waals surface area contributed by atoms with Crippen LogP contribution < -0.4 is 24.4 Å². The van der Waals surface area contributed by atoms with Gasteiger partial charge >= 0.3 is 0 Å². The molecule has 2 amide bonds. The molecule has 7 nitrogen and oxygen atoms in total. The molecule has 27 heavy (non-hydrogen) atoms. The molecule has 2 aromatic carbocycles. The minimum atomic E-state index is -0.661. The van der Waals surface area contributed by atoms with E-state index in [0.29, 0.717) is 35.2 Å². The summed E-state index contributed by atoms with van der Waals surface area (Å²) >= 11 is 0. The maximum absolute atomic E-state index is 12.8. The third-order valence-corrected chi connectivity index (χ3v) is 4.29. The summed E-state index contributed by atoms with van der Waals surface area (Å²) in [5.74, 6) is 1.31. The first-order chi connectivity index (χ1) is 13.1. The van der Waals surface area contributed by atoms with Crippen molar-refractivity contribution >= 4 is 23.2 Å². The maximum atomic E-state index is 12.8. The highest BCUT2D eigenvalue weighted by molar-refractivity contribution is 6.23. The van der Waals surface area contributed by atoms with Gasteiger partial charge in [0.15, 0.2) is 0 Å². The Bertz CT molecular complexity index is 835. The van der Waals surface area contributed by atoms with Gasteiger partial charge in [0, 0.05) is 6.07 Å². The third kappa shape index (κ3) is 3.81. The van der Waals surface area contributed by atoms with Crippen LogP contribution in [0.5, 0.6) is 17.2 Å². The van der Waals surface area contributed by atoms with E-state index in [2.05, 4.69) is 5.32 Å². The summed E-state index contributed by atoms with van der Waals surface area (Å²) in [7, 11) is 3.10. The predicted octanol–water partition coefficient (Wildman–Crippen LogP) is 2.85. The van der Waals surface area contributed by atoms with Gasteiger partial charge in [0.2, 0.25) is 5.91 Å². The number of nitrogens with one attached hydrogen (secondary N) is 1. The van der Waals surface area contributed by atoms with Crippen LogP contribution in [0.4, 0.5) is 11.4 Å². The van der Waals surface area contributed by atoms with Crippen LogP contribution in [0.15, 0.2) is 42.5 Å². The van der Waals surface area contributed by atoms with E-state index in [9.17, 15) is 9.59 Å². The Morgan fingerprint density at radius 3 is 2.37 bits per heavy atom. The van der Waals surface area contributed by atoms with E-state index in [1.165, 1.54) is 12.0 Å². The Morgan fingerprint density at radius 2 is 1.74 bits per heavy atom. The summed E-state index contributed by atoms with van der Waals surface area (Å²) in [4.78, 5) is 26.4. The van der Waals surface area contributed by atoms with E-state index in [4.69, 9.17) is 14.2 Å². The first kappa shape index (κ1) is 18.6. The predicted molar refractivity (Wildman–Crippen MR) is 102 cm³/mol. The number of anilines is 2. The van der Waals surface area contributed by atoms with Crippen molar-refractivity contribution in [3.63, 3.8) is 0 Å². The van der Waals surface area contributed by atoms with Crippen LogP contribution in [0.3, 0.4) is 0 Å². The standard InChI is InChI=1S/C20H22N2O5/c1-4-27-14-7-5-13(6-8-14)22-19(23)12-17(20(22)24)21-16-10-9-15(25-2)11-18(16)26-3/h5-11,17,21H,4,12H2,1-3H3. The number of benzene rings is 2. The van der Waals surface area contributed by atoms with Gasteiger partial charge in [-0.2, -0.15) is 0 Å². The summed E-state index contributed by atoms with van der Waals surface area (Å²) in [5, 5.41) is 3.11. The average molecular weight is 370 g/mol. The first-order valence-corrected chi connectivity index (χ1v) is 8.65. The lowest BCUT2D eigenvalue weighted by molar-refractivity contribution is -0.121. The fourth-order valence-electron chi connectivity index (χ4n) is 2.98. The highest BCUT2D eigenvalue weighted by Gasteiger charge is 2.39. The molecule has 0 spiro atoms. The summed E-state index contributed by atoms with van der Waals surface area (Å²) < 4.78 is 15.9. The Kier molecular flexibility index (Phi) is 5.49. The Morgan fingerprint density at radius 1 is 1.04 bits per heavy atom. The monoisotopic (exact) mass is 370 g/mol. The van der Waals surface area contributed by atoms with Crippen molar-refractivity contribution in [3.8, 4) is 17.2 Å². The van der Waals surface area contributed by atoms with E-state index in [1.807, 2.05) is 6.92 Å². The molecule has 1 fully saturated rings. The van der Waals surface area contributed by atoms with E-state index in [-0.39, 0.29) is 18.2 Å². The Hall–Kier alpha value is -3.22. The second kappa shape index (κ2) is 7.99. The lowest BCUT2D eigenvalue weighted by Gasteiger charge is -2.18. The van der Waals surface area contributed by atoms with Crippen molar-refractivity contribution in [3.05, 3.63) is 42.5 Å². The Labute approximate surface area is 157 Å². The zero-order chi connectivity index (χ0) is 19.4. The lowest BCUT2D eigenvalue weighted by atomic mass is 10.2. The topological polar surface area (TPSA) is 77.1 Å². The minimum Gasteiger partial charge on any atom is -0.497 e. The van der Waals surface area contributed by atoms with Crippen LogP contribution in [-0.4, -0.2) is 38.7 Å². The van der Waals surface area contributed by atoms with Gasteiger partial charge < -0.3 is 19.5 Å². The molecule has 1 atom stereocenters. The third-order valence-electron chi connectivity index (χ3n) is 4.29. The van der Waals surface area contributed by atoms with Gasteiger partial charge in [-0.3, -0.25) is 9.59 Å². The number of hydrogen-bond acceptors (Lipinski definition) is 6. The summed E-state index contributed by atoms with van der Waals surface area (Å²) in [5.41, 5.74) is 1.15. The quantitative estimate of drug-likeness (QED) is 0.755.